The number of thiophene rings is 1. The summed E-state index contributed by atoms with van der Waals surface area (Å²) >= 11 is 1.51. The number of ketones is 1. The van der Waals surface area contributed by atoms with Crippen LogP contribution in [-0.2, 0) is 0 Å². The fourth-order valence-corrected chi connectivity index (χ4v) is 3.81. The van der Waals surface area contributed by atoms with E-state index < -0.39 is 0 Å². The zero-order valence-electron chi connectivity index (χ0n) is 12.3. The molecule has 3 aromatic rings. The number of hydrogen-bond acceptors (Lipinski definition) is 5. The van der Waals surface area contributed by atoms with E-state index in [1.165, 1.54) is 24.2 Å². The summed E-state index contributed by atoms with van der Waals surface area (Å²) in [6.45, 7) is 3.68. The maximum absolute atomic E-state index is 11.5. The molecule has 4 rings (SSSR count). The number of carbonyl (C=O) groups is 1. The third-order valence-electron chi connectivity index (χ3n) is 4.02. The number of anilines is 1. The van der Waals surface area contributed by atoms with Crippen molar-refractivity contribution in [3.63, 3.8) is 0 Å². The van der Waals surface area contributed by atoms with Gasteiger partial charge < -0.3 is 4.90 Å². The molecule has 0 unspecified atom stereocenters. The Morgan fingerprint density at radius 1 is 1.23 bits per heavy atom. The number of fused-ring (bicyclic) bond motifs is 1. The second-order valence-electron chi connectivity index (χ2n) is 5.50. The van der Waals surface area contributed by atoms with Crippen molar-refractivity contribution in [3.05, 3.63) is 35.6 Å². The zero-order valence-corrected chi connectivity index (χ0v) is 13.1. The van der Waals surface area contributed by atoms with Crippen LogP contribution < -0.4 is 4.90 Å². The minimum absolute atomic E-state index is 0.101. The number of hydrogen-bond donors (Lipinski definition) is 0. The summed E-state index contributed by atoms with van der Waals surface area (Å²) < 4.78 is 2.07. The van der Waals surface area contributed by atoms with Gasteiger partial charge in [0.25, 0.3) is 0 Å². The van der Waals surface area contributed by atoms with E-state index in [0.717, 1.165) is 40.0 Å². The lowest BCUT2D eigenvalue weighted by atomic mass is 10.3. The average Bonchev–Trinajstić information content (AvgIpc) is 3.25. The van der Waals surface area contributed by atoms with E-state index in [1.54, 1.807) is 6.92 Å². The zero-order chi connectivity index (χ0) is 15.1. The molecule has 0 bridgehead atoms. The molecule has 112 valence electrons. The number of aromatic nitrogens is 3. The average molecular weight is 312 g/mol. The van der Waals surface area contributed by atoms with Crippen LogP contribution in [0.15, 0.2) is 30.7 Å². The third kappa shape index (κ3) is 2.11. The van der Waals surface area contributed by atoms with Crippen LogP contribution >= 0.6 is 11.3 Å². The Hall–Kier alpha value is -2.21. The van der Waals surface area contributed by atoms with Crippen LogP contribution in [0.5, 0.6) is 0 Å². The largest absolute Gasteiger partial charge is 0.354 e. The first-order chi connectivity index (χ1) is 10.7. The third-order valence-corrected chi connectivity index (χ3v) is 5.23. The normalized spacial score (nSPS) is 14.9. The van der Waals surface area contributed by atoms with E-state index in [2.05, 4.69) is 19.3 Å². The Morgan fingerprint density at radius 2 is 2.05 bits per heavy atom. The van der Waals surface area contributed by atoms with Gasteiger partial charge in [0.05, 0.1) is 21.6 Å². The van der Waals surface area contributed by atoms with Gasteiger partial charge in [0, 0.05) is 25.5 Å². The van der Waals surface area contributed by atoms with Gasteiger partial charge in [0.15, 0.2) is 17.2 Å². The summed E-state index contributed by atoms with van der Waals surface area (Å²) in [6.07, 6.45) is 8.05. The minimum Gasteiger partial charge on any atom is -0.354 e. The molecule has 0 aromatic carbocycles. The highest BCUT2D eigenvalue weighted by Gasteiger charge is 2.19. The molecular formula is C16H16N4OS. The molecule has 3 aromatic heterocycles. The van der Waals surface area contributed by atoms with Crippen molar-refractivity contribution in [1.29, 1.82) is 0 Å². The molecule has 0 N–H and O–H groups in total. The van der Waals surface area contributed by atoms with Crippen molar-refractivity contribution in [1.82, 2.24) is 14.4 Å². The van der Waals surface area contributed by atoms with E-state index >= 15 is 0 Å². The molecule has 1 saturated heterocycles. The molecule has 6 heteroatoms. The van der Waals surface area contributed by atoms with Crippen LogP contribution in [-0.4, -0.2) is 33.2 Å². The Bertz CT molecular complexity index is 845. The maximum atomic E-state index is 11.5. The number of carbonyl (C=O) groups excluding carboxylic acids is 1. The highest BCUT2D eigenvalue weighted by atomic mass is 32.1. The Morgan fingerprint density at radius 3 is 2.77 bits per heavy atom. The van der Waals surface area contributed by atoms with E-state index in [4.69, 9.17) is 0 Å². The summed E-state index contributed by atoms with van der Waals surface area (Å²) in [5, 5.41) is 0. The molecule has 1 fully saturated rings. The van der Waals surface area contributed by atoms with Gasteiger partial charge in [-0.15, -0.1) is 11.3 Å². The standard InChI is InChI=1S/C16H16N4OS/c1-11(21)13-4-5-14(22-13)12-10-18-16-15(17-6-9-20(12)16)19-7-2-3-8-19/h4-6,9-10H,2-3,7-8H2,1H3. The molecule has 0 saturated carbocycles. The highest BCUT2D eigenvalue weighted by molar-refractivity contribution is 7.17. The lowest BCUT2D eigenvalue weighted by molar-refractivity contribution is 0.102. The van der Waals surface area contributed by atoms with Gasteiger partial charge >= 0.3 is 0 Å². The molecule has 0 aliphatic carbocycles. The predicted molar refractivity (Wildman–Crippen MR) is 87.8 cm³/mol. The van der Waals surface area contributed by atoms with Crippen molar-refractivity contribution in [3.8, 4) is 10.6 Å². The Balaban J connectivity index is 1.82. The van der Waals surface area contributed by atoms with Crippen molar-refractivity contribution in [2.45, 2.75) is 19.8 Å². The smallest absolute Gasteiger partial charge is 0.180 e. The van der Waals surface area contributed by atoms with Crippen LogP contribution in [0.4, 0.5) is 5.82 Å². The van der Waals surface area contributed by atoms with Gasteiger partial charge in [-0.3, -0.25) is 9.20 Å². The van der Waals surface area contributed by atoms with E-state index in [-0.39, 0.29) is 5.78 Å². The Labute approximate surface area is 132 Å². The summed E-state index contributed by atoms with van der Waals surface area (Å²) in [4.78, 5) is 24.7. The predicted octanol–water partition coefficient (Wildman–Crippen LogP) is 3.26. The van der Waals surface area contributed by atoms with Gasteiger partial charge in [0.1, 0.15) is 0 Å². The quantitative estimate of drug-likeness (QED) is 0.697. The summed E-state index contributed by atoms with van der Waals surface area (Å²) in [5.41, 5.74) is 1.90. The highest BCUT2D eigenvalue weighted by Crippen LogP contribution is 2.31. The molecule has 1 aliphatic heterocycles. The molecular weight excluding hydrogens is 296 g/mol. The monoisotopic (exact) mass is 312 g/mol. The van der Waals surface area contributed by atoms with Crippen molar-refractivity contribution < 1.29 is 4.79 Å². The molecule has 0 atom stereocenters. The maximum Gasteiger partial charge on any atom is 0.180 e. The summed E-state index contributed by atoms with van der Waals surface area (Å²) in [7, 11) is 0. The van der Waals surface area contributed by atoms with Crippen LogP contribution in [0.2, 0.25) is 0 Å². The Kier molecular flexibility index (Phi) is 3.18. The first-order valence-corrected chi connectivity index (χ1v) is 8.24. The van der Waals surface area contributed by atoms with Gasteiger partial charge in [-0.1, -0.05) is 0 Å². The number of rotatable bonds is 3. The van der Waals surface area contributed by atoms with Gasteiger partial charge in [-0.2, -0.15) is 0 Å². The second-order valence-corrected chi connectivity index (χ2v) is 6.59. The second kappa shape index (κ2) is 5.21. The molecule has 0 amide bonds. The molecule has 5 nitrogen and oxygen atoms in total. The lowest BCUT2D eigenvalue weighted by Gasteiger charge is -2.16. The summed E-state index contributed by atoms with van der Waals surface area (Å²) in [6, 6.07) is 3.87. The lowest BCUT2D eigenvalue weighted by Crippen LogP contribution is -2.19. The number of nitrogens with zero attached hydrogens (tertiary/aromatic N) is 4. The van der Waals surface area contributed by atoms with E-state index in [0.29, 0.717) is 0 Å². The fraction of sp³-hybridized carbons (Fsp3) is 0.312. The van der Waals surface area contributed by atoms with Crippen LogP contribution in [0, 0.1) is 0 Å². The first-order valence-electron chi connectivity index (χ1n) is 7.42. The van der Waals surface area contributed by atoms with E-state index in [1.807, 2.05) is 30.7 Å². The molecule has 4 heterocycles. The SMILES string of the molecule is CC(=O)c1ccc(-c2cnc3c(N4CCCC4)nccn23)s1. The van der Waals surface area contributed by atoms with Crippen molar-refractivity contribution >= 4 is 28.6 Å². The molecule has 0 spiro atoms. The molecule has 22 heavy (non-hydrogen) atoms. The van der Waals surface area contributed by atoms with Crippen LogP contribution in [0.1, 0.15) is 29.4 Å². The topological polar surface area (TPSA) is 50.5 Å². The fourth-order valence-electron chi connectivity index (χ4n) is 2.90. The van der Waals surface area contributed by atoms with Crippen molar-refractivity contribution in [2.75, 3.05) is 18.0 Å². The molecule has 1 aliphatic rings. The van der Waals surface area contributed by atoms with Gasteiger partial charge in [0.2, 0.25) is 0 Å². The van der Waals surface area contributed by atoms with Crippen molar-refractivity contribution in [2.24, 2.45) is 0 Å². The summed E-state index contributed by atoms with van der Waals surface area (Å²) in [5.74, 6) is 1.05. The van der Waals surface area contributed by atoms with Crippen LogP contribution in [0.25, 0.3) is 16.2 Å². The van der Waals surface area contributed by atoms with Gasteiger partial charge in [-0.05, 0) is 31.9 Å². The van der Waals surface area contributed by atoms with E-state index in [9.17, 15) is 4.79 Å². The van der Waals surface area contributed by atoms with Crippen LogP contribution in [0.3, 0.4) is 0 Å². The van der Waals surface area contributed by atoms with Gasteiger partial charge in [-0.25, -0.2) is 9.97 Å². The first kappa shape index (κ1) is 13.5. The molecule has 0 radical (unpaired) electrons. The minimum atomic E-state index is 0.101. The number of imidazole rings is 1. The number of Topliss-reactive ketones (excluding diaryl/α,β-unsaturated/α-hetero) is 1.